The second kappa shape index (κ2) is 6.01. The van der Waals surface area contributed by atoms with Gasteiger partial charge in [0.05, 0.1) is 0 Å². The van der Waals surface area contributed by atoms with Crippen LogP contribution in [0, 0.1) is 0 Å². The molecular weight excluding hydrogens is 297 g/mol. The molecule has 1 rings (SSSR count). The van der Waals surface area contributed by atoms with Gasteiger partial charge in [0.1, 0.15) is 0 Å². The van der Waals surface area contributed by atoms with Gasteiger partial charge in [0.25, 0.3) is 0 Å². The molecule has 0 amide bonds. The van der Waals surface area contributed by atoms with E-state index in [1.807, 2.05) is 0 Å². The van der Waals surface area contributed by atoms with Crippen LogP contribution in [0.1, 0.15) is 1.43 Å². The molecule has 0 aliphatic rings. The Kier molecular flexibility index (Phi) is 6.81. The summed E-state index contributed by atoms with van der Waals surface area (Å²) >= 11 is -2.33. The van der Waals surface area contributed by atoms with Crippen molar-refractivity contribution in [1.82, 2.24) is 0 Å². The van der Waals surface area contributed by atoms with Crippen LogP contribution in [-0.2, 0) is 0 Å². The molecule has 0 saturated carbocycles. The summed E-state index contributed by atoms with van der Waals surface area (Å²) in [4.78, 5) is 0. The summed E-state index contributed by atoms with van der Waals surface area (Å²) in [5, 5.41) is 8.88. The Bertz CT molecular complexity index is 219. The minimum absolute atomic E-state index is 0. The third-order valence-electron chi connectivity index (χ3n) is 1.15. The number of phenolic OH excluding ortho intramolecular Hbond substituents is 1. The summed E-state index contributed by atoms with van der Waals surface area (Å²) in [7, 11) is 11.5. The smallest absolute Gasteiger partial charge is 1.00 e. The van der Waals surface area contributed by atoms with Crippen molar-refractivity contribution in [1.29, 1.82) is 0 Å². The van der Waals surface area contributed by atoms with Gasteiger partial charge in [0.2, 0.25) is 0 Å². The molecule has 0 aliphatic heterocycles. The van der Waals surface area contributed by atoms with E-state index in [-0.39, 0.29) is 36.7 Å². The largest absolute Gasteiger partial charge is 1.00 e. The standard InChI is InChI=1S/C6H5O.2ClH.In.Na.H/c7-6-4-2-1-3-5-6;;;;;/h2-5,7H;2*1H;;;/q;;;+2;+1;-1/p-2. The molecular formula is C6H6Cl2InNaO. The molecule has 54 valence electrons. The first-order valence-electron chi connectivity index (χ1n) is 2.77. The third kappa shape index (κ3) is 4.30. The molecule has 0 atom stereocenters. The van der Waals surface area contributed by atoms with Crippen LogP contribution in [0.15, 0.2) is 24.3 Å². The van der Waals surface area contributed by atoms with E-state index in [4.69, 9.17) is 22.3 Å². The van der Waals surface area contributed by atoms with Crippen molar-refractivity contribution in [2.75, 3.05) is 0 Å². The van der Waals surface area contributed by atoms with Gasteiger partial charge in [0.15, 0.2) is 0 Å². The zero-order valence-electron chi connectivity index (χ0n) is 7.09. The maximum Gasteiger partial charge on any atom is 1.00 e. The molecule has 0 fully saturated rings. The number of aromatic hydroxyl groups is 1. The Morgan fingerprint density at radius 1 is 1.18 bits per heavy atom. The quantitative estimate of drug-likeness (QED) is 0.638. The maximum absolute atomic E-state index is 8.88. The van der Waals surface area contributed by atoms with E-state index in [2.05, 4.69) is 0 Å². The first-order valence-corrected chi connectivity index (χ1v) is 12.8. The molecule has 0 spiro atoms. The Labute approximate surface area is 104 Å². The van der Waals surface area contributed by atoms with Gasteiger partial charge in [-0.15, -0.1) is 0 Å². The minimum Gasteiger partial charge on any atom is -1.00 e. The average Bonchev–Trinajstić information content (AvgIpc) is 1.88. The summed E-state index contributed by atoms with van der Waals surface area (Å²) in [6, 6.07) is 6.75. The maximum atomic E-state index is 8.88. The van der Waals surface area contributed by atoms with Crippen LogP contribution < -0.4 is 32.9 Å². The fourth-order valence-electron chi connectivity index (χ4n) is 0.620. The van der Waals surface area contributed by atoms with Crippen LogP contribution in [0.2, 0.25) is 0 Å². The topological polar surface area (TPSA) is 20.2 Å². The predicted octanol–water partition coefficient (Wildman–Crippen LogP) is -1.32. The van der Waals surface area contributed by atoms with Crippen molar-refractivity contribution >= 4 is 39.5 Å². The molecule has 0 aliphatic carbocycles. The first kappa shape index (κ1) is 12.5. The van der Waals surface area contributed by atoms with Crippen LogP contribution in [0.3, 0.4) is 0 Å². The van der Waals surface area contributed by atoms with Crippen molar-refractivity contribution in [3.63, 3.8) is 0 Å². The number of hydrogen-bond acceptors (Lipinski definition) is 1. The van der Waals surface area contributed by atoms with Gasteiger partial charge < -0.3 is 1.43 Å². The molecule has 1 aromatic carbocycles. The second-order valence-corrected chi connectivity index (χ2v) is 12.9. The minimum atomic E-state index is -2.33. The van der Waals surface area contributed by atoms with Gasteiger partial charge in [-0.1, -0.05) is 0 Å². The number of rotatable bonds is 1. The molecule has 0 aromatic heterocycles. The van der Waals surface area contributed by atoms with E-state index in [0.29, 0.717) is 0 Å². The van der Waals surface area contributed by atoms with Gasteiger partial charge in [-0.3, -0.25) is 0 Å². The zero-order chi connectivity index (χ0) is 7.56. The van der Waals surface area contributed by atoms with Crippen LogP contribution >= 0.6 is 17.2 Å². The number of hydrogen-bond donors (Lipinski definition) is 1. The zero-order valence-corrected chi connectivity index (χ0v) is 12.9. The summed E-state index contributed by atoms with van der Waals surface area (Å²) in [5.74, 6) is 0.254. The number of halogens is 2. The predicted molar refractivity (Wildman–Crippen MR) is 46.3 cm³/mol. The molecule has 0 saturated heterocycles. The first-order chi connectivity index (χ1) is 4.70. The fourth-order valence-corrected chi connectivity index (χ4v) is 3.95. The van der Waals surface area contributed by atoms with E-state index in [9.17, 15) is 0 Å². The van der Waals surface area contributed by atoms with Crippen LogP contribution in [-0.4, -0.2) is 24.2 Å². The van der Waals surface area contributed by atoms with Crippen molar-refractivity contribution in [2.45, 2.75) is 0 Å². The summed E-state index contributed by atoms with van der Waals surface area (Å²) < 4.78 is 1.00. The Balaban J connectivity index is 0. The summed E-state index contributed by atoms with van der Waals surface area (Å²) in [5.41, 5.74) is 0. The second-order valence-electron chi connectivity index (χ2n) is 1.89. The fraction of sp³-hybridized carbons (Fsp3) is 0. The van der Waals surface area contributed by atoms with Gasteiger partial charge in [-0.2, -0.15) is 0 Å². The van der Waals surface area contributed by atoms with Crippen molar-refractivity contribution in [3.8, 4) is 5.75 Å². The van der Waals surface area contributed by atoms with Gasteiger partial charge in [0, 0.05) is 0 Å². The average molecular weight is 303 g/mol. The molecule has 0 heterocycles. The third-order valence-corrected chi connectivity index (χ3v) is 7.06. The van der Waals surface area contributed by atoms with Crippen LogP contribution in [0.5, 0.6) is 5.75 Å². The van der Waals surface area contributed by atoms with E-state index >= 15 is 0 Å². The molecule has 1 aromatic rings. The molecule has 1 N–H and O–H groups in total. The molecule has 5 heteroatoms. The van der Waals surface area contributed by atoms with E-state index in [1.165, 1.54) is 0 Å². The number of benzene rings is 1. The van der Waals surface area contributed by atoms with Crippen molar-refractivity contribution in [2.24, 2.45) is 0 Å². The SMILES string of the molecule is Oc1cc[c]([In]([Cl])[Cl])cc1.[H-].[Na+]. The van der Waals surface area contributed by atoms with Crippen LogP contribution in [0.25, 0.3) is 0 Å². The normalized spacial score (nSPS) is 8.55. The monoisotopic (exact) mass is 302 g/mol. The van der Waals surface area contributed by atoms with Gasteiger partial charge in [-0.05, 0) is 0 Å². The summed E-state index contributed by atoms with van der Waals surface area (Å²) in [6.07, 6.45) is 0. The Hall–Kier alpha value is 1.47. The Morgan fingerprint density at radius 2 is 1.64 bits per heavy atom. The molecule has 0 bridgehead atoms. The van der Waals surface area contributed by atoms with Crippen molar-refractivity contribution in [3.05, 3.63) is 24.3 Å². The molecule has 0 unspecified atom stereocenters. The molecule has 1 nitrogen and oxygen atoms in total. The van der Waals surface area contributed by atoms with E-state index in [0.717, 1.165) is 3.32 Å². The number of phenols is 1. The van der Waals surface area contributed by atoms with E-state index in [1.54, 1.807) is 24.3 Å². The van der Waals surface area contributed by atoms with Crippen molar-refractivity contribution < 1.29 is 36.1 Å². The van der Waals surface area contributed by atoms with Crippen LogP contribution in [0.4, 0.5) is 0 Å². The van der Waals surface area contributed by atoms with E-state index < -0.39 is 19.1 Å². The van der Waals surface area contributed by atoms with Gasteiger partial charge in [-0.25, -0.2) is 0 Å². The van der Waals surface area contributed by atoms with Gasteiger partial charge >= 0.3 is 104 Å². The molecule has 0 radical (unpaired) electrons. The summed E-state index contributed by atoms with van der Waals surface area (Å²) in [6.45, 7) is 0. The Morgan fingerprint density at radius 3 is 2.00 bits per heavy atom. The molecule has 11 heavy (non-hydrogen) atoms.